The molecule has 6 heteroatoms. The quantitative estimate of drug-likeness (QED) is 0.629. The van der Waals surface area contributed by atoms with Crippen molar-refractivity contribution in [2.24, 2.45) is 0 Å². The molecule has 2 rings (SSSR count). The summed E-state index contributed by atoms with van der Waals surface area (Å²) in [6.45, 7) is 4.56. The average Bonchev–Trinajstić information content (AvgIpc) is 2.65. The predicted octanol–water partition coefficient (Wildman–Crippen LogP) is 2.67. The number of hydrogen-bond acceptors (Lipinski definition) is 5. The monoisotopic (exact) mass is 371 g/mol. The van der Waals surface area contributed by atoms with E-state index in [1.165, 1.54) is 0 Å². The summed E-state index contributed by atoms with van der Waals surface area (Å²) < 4.78 is 11.0. The van der Waals surface area contributed by atoms with Crippen molar-refractivity contribution >= 4 is 11.6 Å². The Morgan fingerprint density at radius 2 is 1.81 bits per heavy atom. The molecule has 6 nitrogen and oxygen atoms in total. The molecule has 0 aliphatic carbocycles. The minimum absolute atomic E-state index is 0.0787. The molecule has 0 aromatic heterocycles. The first-order chi connectivity index (χ1) is 13.0. The van der Waals surface area contributed by atoms with Crippen LogP contribution in [-0.2, 0) is 11.3 Å². The molecule has 27 heavy (non-hydrogen) atoms. The molecule has 0 fully saturated rings. The largest absolute Gasteiger partial charge is 0.493 e. The highest BCUT2D eigenvalue weighted by Crippen LogP contribution is 2.28. The van der Waals surface area contributed by atoms with Crippen LogP contribution in [0.3, 0.4) is 0 Å². The van der Waals surface area contributed by atoms with Crippen LogP contribution in [0.1, 0.15) is 11.1 Å². The number of carbonyl (C=O) groups is 1. The van der Waals surface area contributed by atoms with Crippen molar-refractivity contribution in [3.05, 3.63) is 53.6 Å². The molecule has 2 aromatic carbocycles. The number of nitrogens with one attached hydrogen (secondary N) is 2. The molecule has 0 saturated heterocycles. The first-order valence-corrected chi connectivity index (χ1v) is 8.99. The molecule has 0 unspecified atom stereocenters. The lowest BCUT2D eigenvalue weighted by atomic mass is 10.2. The molecule has 2 aromatic rings. The van der Waals surface area contributed by atoms with Crippen LogP contribution < -0.4 is 20.1 Å². The van der Waals surface area contributed by atoms with Gasteiger partial charge in [-0.05, 0) is 50.8 Å². The Morgan fingerprint density at radius 1 is 1.07 bits per heavy atom. The molecule has 0 heterocycles. The summed E-state index contributed by atoms with van der Waals surface area (Å²) in [5, 5.41) is 6.20. The van der Waals surface area contributed by atoms with Crippen LogP contribution in [0.15, 0.2) is 42.5 Å². The number of rotatable bonds is 10. The van der Waals surface area contributed by atoms with Crippen molar-refractivity contribution in [3.8, 4) is 11.5 Å². The van der Waals surface area contributed by atoms with Gasteiger partial charge in [0.05, 0.1) is 7.11 Å². The highest BCUT2D eigenvalue weighted by Gasteiger charge is 2.09. The second-order valence-electron chi connectivity index (χ2n) is 6.67. The number of hydrogen-bond donors (Lipinski definition) is 2. The highest BCUT2D eigenvalue weighted by atomic mass is 16.5. The van der Waals surface area contributed by atoms with E-state index in [0.717, 1.165) is 36.4 Å². The number of benzene rings is 2. The molecule has 0 aliphatic rings. The first-order valence-electron chi connectivity index (χ1n) is 8.99. The van der Waals surface area contributed by atoms with Gasteiger partial charge in [-0.3, -0.25) is 4.79 Å². The molecule has 0 spiro atoms. The standard InChI is InChI=1S/C21H29N3O3/c1-16-5-8-18(9-6-16)23-21(25)15-27-19-10-7-17(13-20(19)26-4)14-22-11-12-24(2)3/h5-10,13,22H,11-12,14-15H2,1-4H3,(H,23,25). The number of aryl methyl sites for hydroxylation is 1. The Morgan fingerprint density at radius 3 is 2.48 bits per heavy atom. The molecule has 2 N–H and O–H groups in total. The minimum Gasteiger partial charge on any atom is -0.493 e. The number of ether oxygens (including phenoxy) is 2. The Hall–Kier alpha value is -2.57. The fourth-order valence-electron chi connectivity index (χ4n) is 2.45. The zero-order valence-electron chi connectivity index (χ0n) is 16.5. The molecule has 0 saturated carbocycles. The third-order valence-corrected chi connectivity index (χ3v) is 3.99. The van der Waals surface area contributed by atoms with E-state index in [0.29, 0.717) is 11.5 Å². The zero-order chi connectivity index (χ0) is 19.6. The molecule has 146 valence electrons. The summed E-state index contributed by atoms with van der Waals surface area (Å²) in [7, 11) is 5.69. The number of amides is 1. The first kappa shape index (κ1) is 20.7. The van der Waals surface area contributed by atoms with Gasteiger partial charge in [0.1, 0.15) is 0 Å². The number of likely N-dealkylation sites (N-methyl/N-ethyl adjacent to an activating group) is 1. The molecule has 0 radical (unpaired) electrons. The maximum Gasteiger partial charge on any atom is 0.262 e. The van der Waals surface area contributed by atoms with E-state index in [1.54, 1.807) is 7.11 Å². The highest BCUT2D eigenvalue weighted by molar-refractivity contribution is 5.91. The normalized spacial score (nSPS) is 10.7. The van der Waals surface area contributed by atoms with Gasteiger partial charge in [0.2, 0.25) is 0 Å². The lowest BCUT2D eigenvalue weighted by molar-refractivity contribution is -0.118. The molecular formula is C21H29N3O3. The van der Waals surface area contributed by atoms with Crippen molar-refractivity contribution in [1.82, 2.24) is 10.2 Å². The maximum atomic E-state index is 12.1. The smallest absolute Gasteiger partial charge is 0.262 e. The van der Waals surface area contributed by atoms with Gasteiger partial charge in [-0.15, -0.1) is 0 Å². The Kier molecular flexibility index (Phi) is 8.10. The molecule has 1 amide bonds. The van der Waals surface area contributed by atoms with E-state index < -0.39 is 0 Å². The molecule has 0 aliphatic heterocycles. The van der Waals surface area contributed by atoms with Crippen LogP contribution in [0.4, 0.5) is 5.69 Å². The van der Waals surface area contributed by atoms with E-state index in [-0.39, 0.29) is 12.5 Å². The molecule has 0 atom stereocenters. The van der Waals surface area contributed by atoms with Crippen LogP contribution in [0, 0.1) is 6.92 Å². The van der Waals surface area contributed by atoms with Gasteiger partial charge in [0, 0.05) is 25.3 Å². The van der Waals surface area contributed by atoms with Crippen LogP contribution in [0.5, 0.6) is 11.5 Å². The van der Waals surface area contributed by atoms with Crippen LogP contribution >= 0.6 is 0 Å². The van der Waals surface area contributed by atoms with Gasteiger partial charge in [-0.2, -0.15) is 0 Å². The number of methoxy groups -OCH3 is 1. The third-order valence-electron chi connectivity index (χ3n) is 3.99. The van der Waals surface area contributed by atoms with Gasteiger partial charge in [-0.25, -0.2) is 0 Å². The molecular weight excluding hydrogens is 342 g/mol. The summed E-state index contributed by atoms with van der Waals surface area (Å²) in [5.41, 5.74) is 2.99. The van der Waals surface area contributed by atoms with Gasteiger partial charge in [0.15, 0.2) is 18.1 Å². The number of anilines is 1. The fraction of sp³-hybridized carbons (Fsp3) is 0.381. The predicted molar refractivity (Wildman–Crippen MR) is 109 cm³/mol. The van der Waals surface area contributed by atoms with E-state index >= 15 is 0 Å². The van der Waals surface area contributed by atoms with Gasteiger partial charge < -0.3 is 25.0 Å². The van der Waals surface area contributed by atoms with E-state index in [4.69, 9.17) is 9.47 Å². The van der Waals surface area contributed by atoms with Crippen LogP contribution in [0.25, 0.3) is 0 Å². The minimum atomic E-state index is -0.213. The van der Waals surface area contributed by atoms with Crippen molar-refractivity contribution in [3.63, 3.8) is 0 Å². The van der Waals surface area contributed by atoms with Crippen molar-refractivity contribution < 1.29 is 14.3 Å². The maximum absolute atomic E-state index is 12.1. The topological polar surface area (TPSA) is 62.8 Å². The summed E-state index contributed by atoms with van der Waals surface area (Å²) in [6, 6.07) is 13.4. The zero-order valence-corrected chi connectivity index (χ0v) is 16.5. The fourth-order valence-corrected chi connectivity index (χ4v) is 2.45. The number of carbonyl (C=O) groups excluding carboxylic acids is 1. The third kappa shape index (κ3) is 7.29. The Balaban J connectivity index is 1.86. The van der Waals surface area contributed by atoms with E-state index in [1.807, 2.05) is 63.5 Å². The van der Waals surface area contributed by atoms with E-state index in [9.17, 15) is 4.79 Å². The summed E-state index contributed by atoms with van der Waals surface area (Å²) >= 11 is 0. The summed E-state index contributed by atoms with van der Waals surface area (Å²) in [5.74, 6) is 0.953. The Labute approximate surface area is 161 Å². The van der Waals surface area contributed by atoms with Gasteiger partial charge >= 0.3 is 0 Å². The van der Waals surface area contributed by atoms with Crippen molar-refractivity contribution in [2.45, 2.75) is 13.5 Å². The van der Waals surface area contributed by atoms with Crippen molar-refractivity contribution in [2.75, 3.05) is 46.2 Å². The second kappa shape index (κ2) is 10.5. The van der Waals surface area contributed by atoms with Crippen LogP contribution in [-0.4, -0.2) is 51.7 Å². The van der Waals surface area contributed by atoms with Crippen LogP contribution in [0.2, 0.25) is 0 Å². The lowest BCUT2D eigenvalue weighted by Crippen LogP contribution is -2.26. The molecule has 0 bridgehead atoms. The second-order valence-corrected chi connectivity index (χ2v) is 6.67. The summed E-state index contributed by atoms with van der Waals surface area (Å²) in [4.78, 5) is 14.2. The number of nitrogens with zero attached hydrogens (tertiary/aromatic N) is 1. The Bertz CT molecular complexity index is 730. The van der Waals surface area contributed by atoms with E-state index in [2.05, 4.69) is 15.5 Å². The van der Waals surface area contributed by atoms with Gasteiger partial charge in [0.25, 0.3) is 5.91 Å². The SMILES string of the molecule is COc1cc(CNCCN(C)C)ccc1OCC(=O)Nc1ccc(C)cc1. The van der Waals surface area contributed by atoms with Gasteiger partial charge in [-0.1, -0.05) is 23.8 Å². The van der Waals surface area contributed by atoms with Crippen molar-refractivity contribution in [1.29, 1.82) is 0 Å². The summed E-state index contributed by atoms with van der Waals surface area (Å²) in [6.07, 6.45) is 0. The average molecular weight is 371 g/mol. The lowest BCUT2D eigenvalue weighted by Gasteiger charge is -2.13.